The van der Waals surface area contributed by atoms with Crippen LogP contribution in [0, 0.1) is 5.82 Å². The molecule has 2 aliphatic heterocycles. The maximum absolute atomic E-state index is 14.1. The zero-order chi connectivity index (χ0) is 23.1. The molecule has 0 unspecified atom stereocenters. The summed E-state index contributed by atoms with van der Waals surface area (Å²) in [5.74, 6) is -0.505. The molecule has 1 aromatic carbocycles. The van der Waals surface area contributed by atoms with E-state index in [9.17, 15) is 18.8 Å². The second kappa shape index (κ2) is 8.62. The van der Waals surface area contributed by atoms with Crippen molar-refractivity contribution in [2.75, 3.05) is 49.1 Å². The van der Waals surface area contributed by atoms with Gasteiger partial charge in [0.05, 0.1) is 5.69 Å². The van der Waals surface area contributed by atoms with E-state index >= 15 is 0 Å². The molecule has 5 rings (SSSR count). The van der Waals surface area contributed by atoms with Crippen molar-refractivity contribution < 1.29 is 9.18 Å². The van der Waals surface area contributed by atoms with E-state index in [2.05, 4.69) is 9.88 Å². The lowest BCUT2D eigenvalue weighted by Crippen LogP contribution is -2.50. The van der Waals surface area contributed by atoms with E-state index in [1.165, 1.54) is 29.0 Å². The molecule has 33 heavy (non-hydrogen) atoms. The summed E-state index contributed by atoms with van der Waals surface area (Å²) in [6.07, 6.45) is 2.14. The standard InChI is InChI=1S/C22H25FN6O3S/c1-25-20(31)18-19(24-21(33-18)28-8-4-5-9-28)29(22(25)32)14-17(30)27-12-10-26(11-13-27)16-7-3-2-6-15(16)23/h2-3,6-7H,4-5,8-14H2,1H3. The Morgan fingerprint density at radius 1 is 1.03 bits per heavy atom. The van der Waals surface area contributed by atoms with Gasteiger partial charge in [0.1, 0.15) is 17.1 Å². The van der Waals surface area contributed by atoms with E-state index in [-0.39, 0.29) is 29.5 Å². The number of benzene rings is 1. The smallest absolute Gasteiger partial charge is 0.332 e. The number of carbonyl (C=O) groups is 1. The lowest BCUT2D eigenvalue weighted by Gasteiger charge is -2.36. The average molecular weight is 473 g/mol. The van der Waals surface area contributed by atoms with E-state index in [1.807, 2.05) is 4.90 Å². The van der Waals surface area contributed by atoms with E-state index in [0.717, 1.165) is 30.5 Å². The zero-order valence-corrected chi connectivity index (χ0v) is 19.2. The molecule has 2 aromatic heterocycles. The fourth-order valence-electron chi connectivity index (χ4n) is 4.46. The molecule has 2 saturated heterocycles. The van der Waals surface area contributed by atoms with Gasteiger partial charge in [-0.1, -0.05) is 23.5 Å². The van der Waals surface area contributed by atoms with Gasteiger partial charge in [-0.15, -0.1) is 0 Å². The topological polar surface area (TPSA) is 83.7 Å². The number of hydrogen-bond acceptors (Lipinski definition) is 7. The molecule has 4 heterocycles. The first-order valence-corrected chi connectivity index (χ1v) is 11.9. The SMILES string of the molecule is Cn1c(=O)c2sc(N3CCCC3)nc2n(CC(=O)N2CCN(c3ccccc3F)CC2)c1=O. The lowest BCUT2D eigenvalue weighted by atomic mass is 10.2. The Morgan fingerprint density at radius 2 is 1.73 bits per heavy atom. The van der Waals surface area contributed by atoms with Crippen LogP contribution in [-0.2, 0) is 18.4 Å². The molecule has 1 amide bonds. The second-order valence-electron chi connectivity index (χ2n) is 8.40. The quantitative estimate of drug-likeness (QED) is 0.568. The fourth-order valence-corrected chi connectivity index (χ4v) is 5.56. The van der Waals surface area contributed by atoms with Crippen LogP contribution < -0.4 is 21.0 Å². The minimum Gasteiger partial charge on any atom is -0.366 e. The van der Waals surface area contributed by atoms with Crippen LogP contribution in [0.25, 0.3) is 10.3 Å². The summed E-state index contributed by atoms with van der Waals surface area (Å²) in [6, 6.07) is 6.59. The number of halogens is 1. The third kappa shape index (κ3) is 3.90. The van der Waals surface area contributed by atoms with Crippen molar-refractivity contribution in [2.24, 2.45) is 7.05 Å². The van der Waals surface area contributed by atoms with E-state index < -0.39 is 5.69 Å². The van der Waals surface area contributed by atoms with Gasteiger partial charge >= 0.3 is 5.69 Å². The average Bonchev–Trinajstić information content (AvgIpc) is 3.51. The van der Waals surface area contributed by atoms with E-state index in [0.29, 0.717) is 41.7 Å². The van der Waals surface area contributed by atoms with Crippen molar-refractivity contribution in [3.8, 4) is 0 Å². The highest BCUT2D eigenvalue weighted by molar-refractivity contribution is 7.22. The predicted molar refractivity (Wildman–Crippen MR) is 126 cm³/mol. The molecule has 0 N–H and O–H groups in total. The molecule has 0 saturated carbocycles. The second-order valence-corrected chi connectivity index (χ2v) is 9.37. The minimum atomic E-state index is -0.552. The van der Waals surface area contributed by atoms with Crippen LogP contribution in [0.1, 0.15) is 12.8 Å². The Morgan fingerprint density at radius 3 is 2.42 bits per heavy atom. The number of hydrogen-bond donors (Lipinski definition) is 0. The molecular formula is C22H25FN6O3S. The van der Waals surface area contributed by atoms with Gasteiger partial charge in [-0.05, 0) is 25.0 Å². The molecule has 2 fully saturated rings. The van der Waals surface area contributed by atoms with Gasteiger partial charge in [-0.2, -0.15) is 0 Å². The van der Waals surface area contributed by atoms with Crippen LogP contribution in [0.5, 0.6) is 0 Å². The maximum atomic E-state index is 14.1. The zero-order valence-electron chi connectivity index (χ0n) is 18.4. The third-order valence-electron chi connectivity index (χ3n) is 6.37. The summed E-state index contributed by atoms with van der Waals surface area (Å²) in [5, 5.41) is 0.713. The number of amides is 1. The first kappa shape index (κ1) is 21.6. The predicted octanol–water partition coefficient (Wildman–Crippen LogP) is 1.24. The van der Waals surface area contributed by atoms with Gasteiger partial charge < -0.3 is 14.7 Å². The molecule has 0 aliphatic carbocycles. The molecule has 0 bridgehead atoms. The highest BCUT2D eigenvalue weighted by Crippen LogP contribution is 2.28. The molecule has 3 aromatic rings. The fraction of sp³-hybridized carbons (Fsp3) is 0.455. The number of nitrogens with zero attached hydrogens (tertiary/aromatic N) is 6. The van der Waals surface area contributed by atoms with E-state index in [4.69, 9.17) is 0 Å². The number of rotatable bonds is 4. The van der Waals surface area contributed by atoms with Crippen molar-refractivity contribution in [1.29, 1.82) is 0 Å². The Hall–Kier alpha value is -3.21. The minimum absolute atomic E-state index is 0.188. The van der Waals surface area contributed by atoms with Gasteiger partial charge in [-0.3, -0.25) is 18.7 Å². The highest BCUT2D eigenvalue weighted by atomic mass is 32.1. The molecule has 0 atom stereocenters. The highest BCUT2D eigenvalue weighted by Gasteiger charge is 2.26. The Labute approximate surface area is 193 Å². The van der Waals surface area contributed by atoms with Crippen molar-refractivity contribution in [2.45, 2.75) is 19.4 Å². The Bertz CT molecular complexity index is 1320. The van der Waals surface area contributed by atoms with Crippen molar-refractivity contribution >= 4 is 38.4 Å². The molecule has 2 aliphatic rings. The molecule has 0 spiro atoms. The van der Waals surface area contributed by atoms with Crippen LogP contribution in [0.4, 0.5) is 15.2 Å². The first-order chi connectivity index (χ1) is 15.9. The number of carbonyl (C=O) groups excluding carboxylic acids is 1. The van der Waals surface area contributed by atoms with Crippen LogP contribution in [-0.4, -0.2) is 64.2 Å². The van der Waals surface area contributed by atoms with Crippen LogP contribution >= 0.6 is 11.3 Å². The summed E-state index contributed by atoms with van der Waals surface area (Å²) in [6.45, 7) is 3.40. The molecule has 0 radical (unpaired) electrons. The summed E-state index contributed by atoms with van der Waals surface area (Å²) in [5.41, 5.74) is -0.143. The lowest BCUT2D eigenvalue weighted by molar-refractivity contribution is -0.132. The van der Waals surface area contributed by atoms with Crippen molar-refractivity contribution in [1.82, 2.24) is 19.0 Å². The number of anilines is 2. The number of para-hydroxylation sites is 1. The van der Waals surface area contributed by atoms with Gasteiger partial charge in [0.15, 0.2) is 10.8 Å². The number of piperazine rings is 1. The van der Waals surface area contributed by atoms with Gasteiger partial charge in [0, 0.05) is 46.3 Å². The number of aromatic nitrogens is 3. The van der Waals surface area contributed by atoms with Crippen LogP contribution in [0.3, 0.4) is 0 Å². The normalized spacial score (nSPS) is 16.7. The Balaban J connectivity index is 1.38. The van der Waals surface area contributed by atoms with Crippen molar-refractivity contribution in [3.63, 3.8) is 0 Å². The number of thiazole rings is 1. The first-order valence-electron chi connectivity index (χ1n) is 11.1. The molecular weight excluding hydrogens is 447 g/mol. The summed E-state index contributed by atoms with van der Waals surface area (Å²) in [4.78, 5) is 48.9. The van der Waals surface area contributed by atoms with Gasteiger partial charge in [0.25, 0.3) is 5.56 Å². The largest absolute Gasteiger partial charge is 0.366 e. The summed E-state index contributed by atoms with van der Waals surface area (Å²) in [7, 11) is 1.42. The van der Waals surface area contributed by atoms with Gasteiger partial charge in [-0.25, -0.2) is 14.2 Å². The molecule has 9 nitrogen and oxygen atoms in total. The van der Waals surface area contributed by atoms with Gasteiger partial charge in [0.2, 0.25) is 5.91 Å². The van der Waals surface area contributed by atoms with Crippen LogP contribution in [0.2, 0.25) is 0 Å². The Kier molecular flexibility index (Phi) is 5.65. The third-order valence-corrected chi connectivity index (χ3v) is 7.46. The summed E-state index contributed by atoms with van der Waals surface area (Å²) < 4.78 is 16.8. The molecule has 11 heteroatoms. The monoisotopic (exact) mass is 472 g/mol. The maximum Gasteiger partial charge on any atom is 0.332 e. The summed E-state index contributed by atoms with van der Waals surface area (Å²) >= 11 is 1.27. The van der Waals surface area contributed by atoms with Crippen molar-refractivity contribution in [3.05, 3.63) is 50.9 Å². The van der Waals surface area contributed by atoms with E-state index in [1.54, 1.807) is 23.1 Å². The number of fused-ring (bicyclic) bond motifs is 1. The van der Waals surface area contributed by atoms with Crippen LogP contribution in [0.15, 0.2) is 33.9 Å². The molecule has 174 valence electrons.